The van der Waals surface area contributed by atoms with Crippen LogP contribution in [0.4, 0.5) is 5.69 Å². The van der Waals surface area contributed by atoms with Crippen LogP contribution < -0.4 is 42.0 Å². The first kappa shape index (κ1) is 68.2. The van der Waals surface area contributed by atoms with Gasteiger partial charge in [-0.3, -0.25) is 28.8 Å². The number of carbonyl (C=O) groups is 6. The van der Waals surface area contributed by atoms with Gasteiger partial charge in [-0.15, -0.1) is 10.2 Å². The Bertz CT molecular complexity index is 2940. The summed E-state index contributed by atoms with van der Waals surface area (Å²) in [4.78, 5) is 91.7. The number of benzene rings is 2. The number of carbonyl (C=O) groups excluding carboxylic acids is 6. The number of aromatic nitrogens is 2. The molecule has 2 aromatic carbocycles. The van der Waals surface area contributed by atoms with Crippen LogP contribution in [0.5, 0.6) is 11.5 Å². The van der Waals surface area contributed by atoms with Gasteiger partial charge in [0.05, 0.1) is 55.4 Å². The molecule has 26 nitrogen and oxygen atoms in total. The van der Waals surface area contributed by atoms with Gasteiger partial charge in [-0.2, -0.15) is 0 Å². The maximum atomic E-state index is 14.7. The second-order valence-electron chi connectivity index (χ2n) is 25.8. The maximum absolute atomic E-state index is 14.7. The molecule has 14 N–H and O–H groups in total. The zero-order chi connectivity index (χ0) is 64.6. The first-order valence-electron chi connectivity index (χ1n) is 32.0. The molecule has 5 heterocycles. The predicted molar refractivity (Wildman–Crippen MR) is 332 cm³/mol. The molecule has 6 fully saturated rings. The van der Waals surface area contributed by atoms with Crippen LogP contribution in [0.3, 0.4) is 0 Å². The molecule has 90 heavy (non-hydrogen) atoms. The van der Waals surface area contributed by atoms with Crippen LogP contribution in [0.2, 0.25) is 0 Å². The molecular formula is C63H93N11O15S. The van der Waals surface area contributed by atoms with Gasteiger partial charge in [0.1, 0.15) is 40.2 Å². The van der Waals surface area contributed by atoms with Crippen molar-refractivity contribution in [2.45, 2.75) is 195 Å². The summed E-state index contributed by atoms with van der Waals surface area (Å²) in [6, 6.07) is 2.65. The fourth-order valence-electron chi connectivity index (χ4n) is 14.3. The van der Waals surface area contributed by atoms with E-state index in [1.807, 2.05) is 7.11 Å². The molecule has 4 saturated heterocycles. The van der Waals surface area contributed by atoms with Crippen molar-refractivity contribution >= 4 is 52.5 Å². The number of amides is 6. The second-order valence-corrected chi connectivity index (χ2v) is 26.8. The highest BCUT2D eigenvalue weighted by molar-refractivity contribution is 7.14. The number of β-amino-alcohol motifs (C(OH)–C–C–N with tert-alkyl or cyclic N) is 1. The molecule has 3 aromatic rings. The van der Waals surface area contributed by atoms with Gasteiger partial charge < -0.3 is 92.2 Å². The van der Waals surface area contributed by atoms with Crippen molar-refractivity contribution in [1.82, 2.24) is 46.6 Å². The number of nitrogens with two attached hydrogens (primary N) is 1. The van der Waals surface area contributed by atoms with Crippen molar-refractivity contribution in [3.05, 3.63) is 53.0 Å². The Morgan fingerprint density at radius 2 is 1.44 bits per heavy atom. The second kappa shape index (κ2) is 30.5. The Morgan fingerprint density at radius 3 is 2.11 bits per heavy atom. The molecule has 27 heteroatoms. The zero-order valence-corrected chi connectivity index (χ0v) is 52.8. The molecule has 496 valence electrons. The van der Waals surface area contributed by atoms with Gasteiger partial charge in [0, 0.05) is 75.8 Å². The van der Waals surface area contributed by atoms with E-state index >= 15 is 0 Å². The molecule has 0 radical (unpaired) electrons. The number of nitrogens with one attached hydrogen (secondary N) is 5. The van der Waals surface area contributed by atoms with E-state index in [1.54, 1.807) is 18.3 Å². The Kier molecular flexibility index (Phi) is 23.1. The maximum Gasteiger partial charge on any atom is 0.248 e. The Balaban J connectivity index is 0.904. The van der Waals surface area contributed by atoms with Crippen molar-refractivity contribution < 1.29 is 74.0 Å². The van der Waals surface area contributed by atoms with Crippen molar-refractivity contribution in [2.24, 2.45) is 23.5 Å². The van der Waals surface area contributed by atoms with E-state index in [1.165, 1.54) is 70.0 Å². The van der Waals surface area contributed by atoms with Crippen LogP contribution in [0.1, 0.15) is 120 Å². The van der Waals surface area contributed by atoms with Crippen molar-refractivity contribution in [2.75, 3.05) is 64.9 Å². The Morgan fingerprint density at radius 1 is 0.767 bits per heavy atom. The lowest BCUT2D eigenvalue weighted by molar-refractivity contribution is -0.147. The first-order chi connectivity index (χ1) is 43.1. The normalized spacial score (nSPS) is 30.7. The number of phenols is 1. The molecule has 9 rings (SSSR count). The summed E-state index contributed by atoms with van der Waals surface area (Å²) >= 11 is 1.58. The van der Waals surface area contributed by atoms with Gasteiger partial charge in [-0.25, -0.2) is 0 Å². The molecule has 6 aliphatic rings. The monoisotopic (exact) mass is 1280 g/mol. The number of aromatic hydroxyl groups is 1. The third kappa shape index (κ3) is 15.8. The molecule has 13 atom stereocenters. The number of aliphatic hydroxyl groups is 6. The quantitative estimate of drug-likeness (QED) is 0.0892. The summed E-state index contributed by atoms with van der Waals surface area (Å²) in [6.07, 6.45) is 0.755. The zero-order valence-electron chi connectivity index (χ0n) is 52.0. The highest BCUT2D eigenvalue weighted by Crippen LogP contribution is 2.43. The highest BCUT2D eigenvalue weighted by Gasteiger charge is 2.50. The van der Waals surface area contributed by atoms with Crippen LogP contribution in [0, 0.1) is 17.8 Å². The molecular weight excluding hydrogens is 1180 g/mol. The van der Waals surface area contributed by atoms with E-state index in [2.05, 4.69) is 65.9 Å². The number of fused-ring (bicyclic) bond motifs is 2. The molecule has 2 saturated carbocycles. The number of anilines is 1. The van der Waals surface area contributed by atoms with Gasteiger partial charge in [-0.05, 0) is 138 Å². The fraction of sp³-hybridized carbons (Fsp3) is 0.683. The minimum absolute atomic E-state index is 0.0218. The van der Waals surface area contributed by atoms with Gasteiger partial charge in [0.2, 0.25) is 35.4 Å². The summed E-state index contributed by atoms with van der Waals surface area (Å²) in [5.41, 5.74) is 8.27. The number of hydrogen-bond donors (Lipinski definition) is 13. The fourth-order valence-corrected chi connectivity index (χ4v) is 15.3. The average molecular weight is 1280 g/mol. The molecule has 4 aliphatic heterocycles. The van der Waals surface area contributed by atoms with E-state index < -0.39 is 127 Å². The first-order valence-corrected chi connectivity index (χ1v) is 32.8. The average Bonchev–Trinajstić information content (AvgIpc) is 1.64. The molecule has 1 aromatic heterocycles. The predicted octanol–water partition coefficient (Wildman–Crippen LogP) is -0.0841. The lowest BCUT2D eigenvalue weighted by Crippen LogP contribution is -2.64. The summed E-state index contributed by atoms with van der Waals surface area (Å²) in [5, 5.41) is 103. The standard InChI is InChI=1S/C63H93N11O15S/c1-34-32-74-53(54(34)81)58(85)66-31-42(76)28-44(65-30-36-10-13-38(14-11-36)59-70-71-60(90-59)39-15-17-41(18-16-39)72-24-21-63(89-4,22-25-72)40-8-6-5-7-9-40)55(82)67-50(35(2)75)61(86)73-33-43(77)29-45(73)56(83)68-51(57(84)69-52(62(74)87)47(79)20-23-64)48(80)26-37-12-19-46(78)49(27-37)88-3/h12,15-19,27,34-36,38,40,42-45,47-48,50-54,65,75-81H,5-11,13-14,20-26,28-33,64H2,1-4H3,(H,66,85)(H,67,82)(H,68,83)(H,69,84)/t34-,35+,36-,38-,42+,43+,44-,45-,47+,48+,50-,51-,52-,53-,54-/m0/s1. The number of nitrogens with zero attached hydrogens (tertiary/aromatic N) is 5. The SMILES string of the molecule is COc1cc(C[C@@H](O)[C@@H]2NC(=O)[C@@H]3C[C@@H](O)CN3C(=O)[C@H]([C@@H](C)O)NC(=O)[C@@H](NC[C@H]3CC[C@H](c4nnc(-c5ccc(N6CCC(OC)(C7CCCCC7)CC6)cc5)s4)CC3)C[C@@H](O)CNC(=O)[C@@H]3[C@@H](O)[C@@H](C)CN3C(=O)[C@H]([C@H](O)CCN)NC2=O)ccc1O. The van der Waals surface area contributed by atoms with E-state index in [0.717, 1.165) is 77.0 Å². The highest BCUT2D eigenvalue weighted by atomic mass is 32.1. The molecule has 0 unspecified atom stereocenters. The summed E-state index contributed by atoms with van der Waals surface area (Å²) < 4.78 is 11.5. The lowest BCUT2D eigenvalue weighted by atomic mass is 9.72. The van der Waals surface area contributed by atoms with Crippen LogP contribution in [0.15, 0.2) is 42.5 Å². The van der Waals surface area contributed by atoms with E-state index in [9.17, 15) is 64.5 Å². The number of hydrogen-bond acceptors (Lipinski definition) is 21. The minimum atomic E-state index is -1.97. The third-order valence-electron chi connectivity index (χ3n) is 19.7. The van der Waals surface area contributed by atoms with Crippen molar-refractivity contribution in [3.8, 4) is 22.1 Å². The van der Waals surface area contributed by atoms with E-state index in [0.29, 0.717) is 11.5 Å². The number of phenolic OH excluding ortho intramolecular Hbond substituents is 1. The van der Waals surface area contributed by atoms with Crippen LogP contribution in [0.25, 0.3) is 10.6 Å². The van der Waals surface area contributed by atoms with Crippen LogP contribution >= 0.6 is 11.3 Å². The van der Waals surface area contributed by atoms with Crippen molar-refractivity contribution in [3.63, 3.8) is 0 Å². The Labute approximate surface area is 529 Å². The smallest absolute Gasteiger partial charge is 0.248 e. The van der Waals surface area contributed by atoms with Gasteiger partial charge in [-0.1, -0.05) is 43.6 Å². The number of ether oxygens (including phenoxy) is 2. The Hall–Kier alpha value is -6.14. The number of rotatable bonds is 16. The van der Waals surface area contributed by atoms with Crippen LogP contribution in [-0.2, 0) is 39.9 Å². The molecule has 0 bridgehead atoms. The summed E-state index contributed by atoms with van der Waals surface area (Å²) in [7, 11) is 3.19. The van der Waals surface area contributed by atoms with E-state index in [-0.39, 0.29) is 74.3 Å². The van der Waals surface area contributed by atoms with Crippen LogP contribution in [-0.4, -0.2) is 230 Å². The largest absolute Gasteiger partial charge is 0.504 e. The van der Waals surface area contributed by atoms with Gasteiger partial charge >= 0.3 is 0 Å². The number of aliphatic hydroxyl groups excluding tert-OH is 6. The molecule has 2 aliphatic carbocycles. The molecule has 6 amide bonds. The van der Waals surface area contributed by atoms with Gasteiger partial charge in [0.25, 0.3) is 0 Å². The topological polar surface area (TPSA) is 384 Å². The minimum Gasteiger partial charge on any atom is -0.504 e. The number of piperidine rings is 1. The van der Waals surface area contributed by atoms with E-state index in [4.69, 9.17) is 15.2 Å². The van der Waals surface area contributed by atoms with Gasteiger partial charge in [0.15, 0.2) is 11.5 Å². The van der Waals surface area contributed by atoms with Crippen molar-refractivity contribution in [1.29, 1.82) is 0 Å². The summed E-state index contributed by atoms with van der Waals surface area (Å²) in [6.45, 7) is 3.68. The third-order valence-corrected chi connectivity index (χ3v) is 20.9. The lowest BCUT2D eigenvalue weighted by Gasteiger charge is -2.47. The molecule has 0 spiro atoms. The summed E-state index contributed by atoms with van der Waals surface area (Å²) in [5.74, 6) is -6.10. The number of methoxy groups -OCH3 is 2.